The van der Waals surface area contributed by atoms with Gasteiger partial charge >= 0.3 is 0 Å². The maximum Gasteiger partial charge on any atom is 0.161 e. The molecule has 4 nitrogen and oxygen atoms in total. The van der Waals surface area contributed by atoms with Gasteiger partial charge in [0.05, 0.1) is 12.1 Å². The number of benzene rings is 1. The zero-order valence-corrected chi connectivity index (χ0v) is 8.97. The number of aliphatic hydroxyl groups excluding tert-OH is 1. The van der Waals surface area contributed by atoms with Crippen LogP contribution in [0.4, 0.5) is 4.39 Å². The van der Waals surface area contributed by atoms with Crippen LogP contribution in [-0.4, -0.2) is 26.3 Å². The van der Waals surface area contributed by atoms with Gasteiger partial charge in [-0.3, -0.25) is 4.40 Å². The summed E-state index contributed by atoms with van der Waals surface area (Å²) in [6.45, 7) is 0.0123. The standard InChI is InChI=1S/C12H10FN3O/c13-9-2-3-10-8(7-9)1-4-11-14-15-12(5-6-17)16(10)11/h1-4,7,17H,5-6H2. The Morgan fingerprint density at radius 3 is 2.88 bits per heavy atom. The third-order valence-electron chi connectivity index (χ3n) is 2.73. The second-order valence-electron chi connectivity index (χ2n) is 3.82. The molecule has 0 spiro atoms. The molecule has 3 aromatic rings. The van der Waals surface area contributed by atoms with Crippen molar-refractivity contribution in [3.63, 3.8) is 0 Å². The molecule has 3 rings (SSSR count). The lowest BCUT2D eigenvalue weighted by molar-refractivity contribution is 0.296. The van der Waals surface area contributed by atoms with E-state index in [2.05, 4.69) is 10.2 Å². The second-order valence-corrected chi connectivity index (χ2v) is 3.82. The maximum absolute atomic E-state index is 13.1. The van der Waals surface area contributed by atoms with Gasteiger partial charge in [0.1, 0.15) is 11.6 Å². The monoisotopic (exact) mass is 231 g/mol. The smallest absolute Gasteiger partial charge is 0.161 e. The minimum atomic E-state index is -0.270. The molecule has 0 saturated carbocycles. The van der Waals surface area contributed by atoms with Gasteiger partial charge in [0.2, 0.25) is 0 Å². The van der Waals surface area contributed by atoms with Crippen LogP contribution >= 0.6 is 0 Å². The Balaban J connectivity index is 2.40. The minimum Gasteiger partial charge on any atom is -0.396 e. The van der Waals surface area contributed by atoms with Crippen molar-refractivity contribution in [2.75, 3.05) is 6.61 Å². The van der Waals surface area contributed by atoms with E-state index in [0.29, 0.717) is 17.9 Å². The normalized spacial score (nSPS) is 11.4. The van der Waals surface area contributed by atoms with E-state index >= 15 is 0 Å². The number of hydrogen-bond acceptors (Lipinski definition) is 3. The predicted molar refractivity (Wildman–Crippen MR) is 61.2 cm³/mol. The van der Waals surface area contributed by atoms with Gasteiger partial charge in [0.15, 0.2) is 5.65 Å². The third-order valence-corrected chi connectivity index (χ3v) is 2.73. The first-order valence-electron chi connectivity index (χ1n) is 5.33. The molecule has 1 aromatic carbocycles. The number of fused-ring (bicyclic) bond motifs is 3. The van der Waals surface area contributed by atoms with E-state index in [4.69, 9.17) is 5.11 Å². The lowest BCUT2D eigenvalue weighted by Crippen LogP contribution is -1.99. The Bertz CT molecular complexity index is 693. The van der Waals surface area contributed by atoms with Gasteiger partial charge in [-0.25, -0.2) is 4.39 Å². The molecule has 1 N–H and O–H groups in total. The van der Waals surface area contributed by atoms with E-state index in [1.54, 1.807) is 12.1 Å². The summed E-state index contributed by atoms with van der Waals surface area (Å²) in [5.74, 6) is 0.411. The number of rotatable bonds is 2. The molecule has 0 amide bonds. The van der Waals surface area contributed by atoms with Crippen LogP contribution in [0.3, 0.4) is 0 Å². The maximum atomic E-state index is 13.1. The van der Waals surface area contributed by atoms with Gasteiger partial charge in [-0.15, -0.1) is 10.2 Å². The largest absolute Gasteiger partial charge is 0.396 e. The summed E-state index contributed by atoms with van der Waals surface area (Å²) in [4.78, 5) is 0. The quantitative estimate of drug-likeness (QED) is 0.728. The molecule has 0 bridgehead atoms. The SMILES string of the molecule is OCCc1nnc2ccc3cc(F)ccc3n12. The number of nitrogens with zero attached hydrogens (tertiary/aromatic N) is 3. The van der Waals surface area contributed by atoms with E-state index in [-0.39, 0.29) is 12.4 Å². The topological polar surface area (TPSA) is 50.4 Å². The highest BCUT2D eigenvalue weighted by Gasteiger charge is 2.08. The van der Waals surface area contributed by atoms with Gasteiger partial charge in [-0.1, -0.05) is 0 Å². The van der Waals surface area contributed by atoms with Crippen LogP contribution in [0.5, 0.6) is 0 Å². The second kappa shape index (κ2) is 3.78. The summed E-state index contributed by atoms with van der Waals surface area (Å²) < 4.78 is 15.0. The lowest BCUT2D eigenvalue weighted by atomic mass is 10.2. The molecule has 2 heterocycles. The first kappa shape index (κ1) is 10.2. The fourth-order valence-electron chi connectivity index (χ4n) is 1.99. The summed E-state index contributed by atoms with van der Waals surface area (Å²) in [6, 6.07) is 8.17. The van der Waals surface area contributed by atoms with Gasteiger partial charge in [0, 0.05) is 11.8 Å². The Hall–Kier alpha value is -2.01. The molecule has 0 unspecified atom stereocenters. The molecule has 5 heteroatoms. The summed E-state index contributed by atoms with van der Waals surface area (Å²) >= 11 is 0. The van der Waals surface area contributed by atoms with Crippen LogP contribution in [-0.2, 0) is 6.42 Å². The Labute approximate surface area is 96.3 Å². The van der Waals surface area contributed by atoms with E-state index in [0.717, 1.165) is 10.9 Å². The predicted octanol–water partition coefficient (Wildman–Crippen LogP) is 1.56. The molecule has 0 atom stereocenters. The molecule has 0 aliphatic heterocycles. The molecule has 0 radical (unpaired) electrons. The molecule has 0 aliphatic rings. The van der Waals surface area contributed by atoms with Crippen molar-refractivity contribution in [2.45, 2.75) is 6.42 Å². The molecule has 0 fully saturated rings. The Morgan fingerprint density at radius 1 is 1.18 bits per heavy atom. The van der Waals surface area contributed by atoms with E-state index < -0.39 is 0 Å². The number of pyridine rings is 1. The zero-order chi connectivity index (χ0) is 11.8. The van der Waals surface area contributed by atoms with Crippen molar-refractivity contribution < 1.29 is 9.50 Å². The van der Waals surface area contributed by atoms with Gasteiger partial charge < -0.3 is 5.11 Å². The van der Waals surface area contributed by atoms with Crippen LogP contribution < -0.4 is 0 Å². The molecule has 0 saturated heterocycles. The third kappa shape index (κ3) is 1.55. The molecule has 86 valence electrons. The highest BCUT2D eigenvalue weighted by atomic mass is 19.1. The summed E-state index contributed by atoms with van der Waals surface area (Å²) in [6.07, 6.45) is 0.428. The first-order chi connectivity index (χ1) is 8.29. The molecule has 0 aliphatic carbocycles. The van der Waals surface area contributed by atoms with Crippen LogP contribution in [0, 0.1) is 5.82 Å². The average Bonchev–Trinajstić information content (AvgIpc) is 2.73. The number of aliphatic hydroxyl groups is 1. The van der Waals surface area contributed by atoms with Crippen molar-refractivity contribution >= 4 is 16.6 Å². The van der Waals surface area contributed by atoms with Crippen molar-refractivity contribution in [2.24, 2.45) is 0 Å². The van der Waals surface area contributed by atoms with Crippen LogP contribution in [0.15, 0.2) is 30.3 Å². The fourth-order valence-corrected chi connectivity index (χ4v) is 1.99. The van der Waals surface area contributed by atoms with Crippen molar-refractivity contribution in [1.29, 1.82) is 0 Å². The summed E-state index contributed by atoms with van der Waals surface area (Å²) in [5, 5.41) is 17.8. The van der Waals surface area contributed by atoms with Crippen molar-refractivity contribution in [3.8, 4) is 0 Å². The Morgan fingerprint density at radius 2 is 2.06 bits per heavy atom. The lowest BCUT2D eigenvalue weighted by Gasteiger charge is -2.04. The molecule has 17 heavy (non-hydrogen) atoms. The number of aromatic nitrogens is 3. The molecular formula is C12H10FN3O. The van der Waals surface area contributed by atoms with Crippen LogP contribution in [0.1, 0.15) is 5.82 Å². The average molecular weight is 231 g/mol. The van der Waals surface area contributed by atoms with Crippen LogP contribution in [0.2, 0.25) is 0 Å². The highest BCUT2D eigenvalue weighted by molar-refractivity contribution is 5.82. The number of halogens is 1. The van der Waals surface area contributed by atoms with Crippen molar-refractivity contribution in [3.05, 3.63) is 42.0 Å². The van der Waals surface area contributed by atoms with Gasteiger partial charge in [-0.05, 0) is 30.3 Å². The summed E-state index contributed by atoms with van der Waals surface area (Å²) in [7, 11) is 0. The highest BCUT2D eigenvalue weighted by Crippen LogP contribution is 2.18. The first-order valence-corrected chi connectivity index (χ1v) is 5.33. The van der Waals surface area contributed by atoms with Gasteiger partial charge in [0.25, 0.3) is 0 Å². The molecular weight excluding hydrogens is 221 g/mol. The Kier molecular flexibility index (Phi) is 2.26. The zero-order valence-electron chi connectivity index (χ0n) is 8.97. The van der Waals surface area contributed by atoms with E-state index in [1.807, 2.05) is 10.5 Å². The van der Waals surface area contributed by atoms with Crippen molar-refractivity contribution in [1.82, 2.24) is 14.6 Å². The fraction of sp³-hybridized carbons (Fsp3) is 0.167. The minimum absolute atomic E-state index is 0.0123. The van der Waals surface area contributed by atoms with E-state index in [9.17, 15) is 4.39 Å². The summed E-state index contributed by atoms with van der Waals surface area (Å²) in [5.41, 5.74) is 1.55. The number of hydrogen-bond donors (Lipinski definition) is 1. The van der Waals surface area contributed by atoms with E-state index in [1.165, 1.54) is 12.1 Å². The van der Waals surface area contributed by atoms with Crippen LogP contribution in [0.25, 0.3) is 16.6 Å². The van der Waals surface area contributed by atoms with Gasteiger partial charge in [-0.2, -0.15) is 0 Å². The molecule has 2 aromatic heterocycles.